The van der Waals surface area contributed by atoms with Gasteiger partial charge in [-0.1, -0.05) is 18.2 Å². The van der Waals surface area contributed by atoms with Gasteiger partial charge in [-0.25, -0.2) is 4.79 Å². The van der Waals surface area contributed by atoms with E-state index in [1.54, 1.807) is 42.3 Å². The number of rotatable bonds is 2. The third-order valence-corrected chi connectivity index (χ3v) is 5.18. The number of ether oxygens (including phenoxy) is 3. The molecule has 140 valence electrons. The molecule has 1 fully saturated rings. The predicted octanol–water partition coefficient (Wildman–Crippen LogP) is 3.69. The Balaban J connectivity index is 1.42. The average Bonchev–Trinajstić information content (AvgIpc) is 2.69. The van der Waals surface area contributed by atoms with Crippen LogP contribution in [0, 0.1) is 0 Å². The molecular weight excluding hydrogens is 346 g/mol. The Kier molecular flexibility index (Phi) is 4.48. The molecule has 27 heavy (non-hydrogen) atoms. The fourth-order valence-corrected chi connectivity index (χ4v) is 3.63. The number of nitrogens with zero attached hydrogens (tertiary/aromatic N) is 1. The molecule has 2 aliphatic heterocycles. The summed E-state index contributed by atoms with van der Waals surface area (Å²) in [5.74, 6) is 1.80. The van der Waals surface area contributed by atoms with E-state index in [4.69, 9.17) is 14.2 Å². The second kappa shape index (κ2) is 6.95. The van der Waals surface area contributed by atoms with Gasteiger partial charge in [0.25, 0.3) is 0 Å². The second-order valence-electron chi connectivity index (χ2n) is 6.92. The van der Waals surface area contributed by atoms with Crippen LogP contribution in [0.3, 0.4) is 0 Å². The van der Waals surface area contributed by atoms with Crippen molar-refractivity contribution < 1.29 is 23.8 Å². The van der Waals surface area contributed by atoms with Crippen molar-refractivity contribution in [3.8, 4) is 17.2 Å². The minimum absolute atomic E-state index is 0.0514. The summed E-state index contributed by atoms with van der Waals surface area (Å²) in [5, 5.41) is 0. The van der Waals surface area contributed by atoms with E-state index in [1.807, 2.05) is 18.2 Å². The number of hydrogen-bond donors (Lipinski definition) is 0. The highest BCUT2D eigenvalue weighted by molar-refractivity contribution is 6.00. The number of amides is 1. The van der Waals surface area contributed by atoms with Gasteiger partial charge in [0.1, 0.15) is 22.8 Å². The maximum Gasteiger partial charge on any atom is 0.415 e. The number of Topliss-reactive ketones (excluding diaryl/α,β-unsaturated/α-hetero) is 1. The molecule has 2 aromatic carbocycles. The summed E-state index contributed by atoms with van der Waals surface area (Å²) in [7, 11) is 1.57. The van der Waals surface area contributed by atoms with E-state index < -0.39 is 5.60 Å². The average molecular weight is 367 g/mol. The summed E-state index contributed by atoms with van der Waals surface area (Å²) in [5.41, 5.74) is 0.00764. The summed E-state index contributed by atoms with van der Waals surface area (Å²) in [6.45, 7) is 0.981. The number of ketones is 1. The Morgan fingerprint density at radius 2 is 1.81 bits per heavy atom. The van der Waals surface area contributed by atoms with E-state index in [0.29, 0.717) is 55.2 Å². The van der Waals surface area contributed by atoms with Crippen molar-refractivity contribution in [1.29, 1.82) is 0 Å². The molecule has 0 atom stereocenters. The highest BCUT2D eigenvalue weighted by Gasteiger charge is 2.44. The highest BCUT2D eigenvalue weighted by atomic mass is 16.6. The molecule has 2 aliphatic rings. The number of fused-ring (bicyclic) bond motifs is 1. The van der Waals surface area contributed by atoms with Crippen LogP contribution in [0.1, 0.15) is 29.6 Å². The molecule has 0 radical (unpaired) electrons. The SMILES string of the molecule is COc1ccc2c(c1)C(=O)CC1(CCN(C(=O)Oc3ccccc3)CC1)O2. The van der Waals surface area contributed by atoms with Gasteiger partial charge in [0, 0.05) is 25.9 Å². The van der Waals surface area contributed by atoms with Gasteiger partial charge >= 0.3 is 6.09 Å². The van der Waals surface area contributed by atoms with Crippen molar-refractivity contribution in [3.63, 3.8) is 0 Å². The zero-order valence-corrected chi connectivity index (χ0v) is 15.1. The van der Waals surface area contributed by atoms with Crippen LogP contribution in [-0.4, -0.2) is 42.6 Å². The van der Waals surface area contributed by atoms with Gasteiger partial charge in [-0.3, -0.25) is 4.79 Å². The van der Waals surface area contributed by atoms with Gasteiger partial charge in [0.15, 0.2) is 5.78 Å². The van der Waals surface area contributed by atoms with Crippen molar-refractivity contribution in [2.75, 3.05) is 20.2 Å². The molecule has 4 rings (SSSR count). The first-order valence-corrected chi connectivity index (χ1v) is 9.01. The highest BCUT2D eigenvalue weighted by Crippen LogP contribution is 2.40. The summed E-state index contributed by atoms with van der Waals surface area (Å²) >= 11 is 0. The lowest BCUT2D eigenvalue weighted by molar-refractivity contribution is -0.00446. The van der Waals surface area contributed by atoms with Gasteiger partial charge in [-0.05, 0) is 30.3 Å². The molecule has 2 aromatic rings. The fourth-order valence-electron chi connectivity index (χ4n) is 3.63. The van der Waals surface area contributed by atoms with Crippen LogP contribution in [0.4, 0.5) is 4.79 Å². The van der Waals surface area contributed by atoms with E-state index >= 15 is 0 Å². The molecule has 0 aliphatic carbocycles. The maximum absolute atomic E-state index is 12.6. The topological polar surface area (TPSA) is 65.1 Å². The third-order valence-electron chi connectivity index (χ3n) is 5.18. The lowest BCUT2D eigenvalue weighted by Crippen LogP contribution is -2.52. The Morgan fingerprint density at radius 1 is 1.07 bits per heavy atom. The molecule has 1 amide bonds. The molecule has 0 aromatic heterocycles. The van der Waals surface area contributed by atoms with E-state index in [2.05, 4.69) is 0 Å². The molecule has 0 saturated carbocycles. The van der Waals surface area contributed by atoms with E-state index in [1.165, 1.54) is 0 Å². The van der Waals surface area contributed by atoms with E-state index in [0.717, 1.165) is 0 Å². The van der Waals surface area contributed by atoms with Crippen molar-refractivity contribution in [2.24, 2.45) is 0 Å². The molecular formula is C21H21NO5. The van der Waals surface area contributed by atoms with Crippen molar-refractivity contribution in [2.45, 2.75) is 24.9 Å². The zero-order valence-electron chi connectivity index (χ0n) is 15.1. The van der Waals surface area contributed by atoms with Crippen LogP contribution in [-0.2, 0) is 0 Å². The molecule has 0 N–H and O–H groups in total. The number of piperidine rings is 1. The molecule has 6 heteroatoms. The molecule has 0 bridgehead atoms. The van der Waals surface area contributed by atoms with Crippen LogP contribution >= 0.6 is 0 Å². The number of benzene rings is 2. The minimum Gasteiger partial charge on any atom is -0.497 e. The number of carbonyl (C=O) groups excluding carboxylic acids is 2. The number of methoxy groups -OCH3 is 1. The maximum atomic E-state index is 12.6. The smallest absolute Gasteiger partial charge is 0.415 e. The number of carbonyl (C=O) groups is 2. The van der Waals surface area contributed by atoms with Gasteiger partial charge in [0.2, 0.25) is 0 Å². The Morgan fingerprint density at radius 3 is 2.52 bits per heavy atom. The quantitative estimate of drug-likeness (QED) is 0.810. The summed E-state index contributed by atoms with van der Waals surface area (Å²) in [6.07, 6.45) is 1.13. The lowest BCUT2D eigenvalue weighted by atomic mass is 9.82. The van der Waals surface area contributed by atoms with E-state index in [9.17, 15) is 9.59 Å². The molecule has 1 spiro atoms. The minimum atomic E-state index is -0.553. The number of hydrogen-bond acceptors (Lipinski definition) is 5. The number of para-hydroxylation sites is 1. The van der Waals surface area contributed by atoms with Crippen molar-refractivity contribution in [1.82, 2.24) is 4.90 Å². The first kappa shape index (κ1) is 17.4. The molecule has 6 nitrogen and oxygen atoms in total. The lowest BCUT2D eigenvalue weighted by Gasteiger charge is -2.43. The standard InChI is InChI=1S/C21H21NO5/c1-25-16-7-8-19-17(13-16)18(23)14-21(27-19)9-11-22(12-10-21)20(24)26-15-5-3-2-4-6-15/h2-8,13H,9-12,14H2,1H3. The Bertz CT molecular complexity index is 856. The monoisotopic (exact) mass is 367 g/mol. The third kappa shape index (κ3) is 3.47. The molecule has 0 unspecified atom stereocenters. The van der Waals surface area contributed by atoms with Gasteiger partial charge in [-0.15, -0.1) is 0 Å². The zero-order chi connectivity index (χ0) is 18.9. The summed E-state index contributed by atoms with van der Waals surface area (Å²) in [4.78, 5) is 26.7. The normalized spacial score (nSPS) is 17.8. The van der Waals surface area contributed by atoms with Crippen LogP contribution in [0.2, 0.25) is 0 Å². The van der Waals surface area contributed by atoms with Gasteiger partial charge in [-0.2, -0.15) is 0 Å². The number of likely N-dealkylation sites (tertiary alicyclic amines) is 1. The van der Waals surface area contributed by atoms with Crippen LogP contribution in [0.25, 0.3) is 0 Å². The van der Waals surface area contributed by atoms with Gasteiger partial charge < -0.3 is 19.1 Å². The Labute approximate surface area is 157 Å². The van der Waals surface area contributed by atoms with E-state index in [-0.39, 0.29) is 11.9 Å². The van der Waals surface area contributed by atoms with Gasteiger partial charge in [0.05, 0.1) is 19.1 Å². The van der Waals surface area contributed by atoms with Crippen molar-refractivity contribution in [3.05, 3.63) is 54.1 Å². The first-order valence-electron chi connectivity index (χ1n) is 9.01. The largest absolute Gasteiger partial charge is 0.497 e. The Hall–Kier alpha value is -3.02. The summed E-state index contributed by atoms with van der Waals surface area (Å²) < 4.78 is 16.8. The second-order valence-corrected chi connectivity index (χ2v) is 6.92. The summed E-state index contributed by atoms with van der Waals surface area (Å²) in [6, 6.07) is 14.3. The predicted molar refractivity (Wildman–Crippen MR) is 98.6 cm³/mol. The van der Waals surface area contributed by atoms with Crippen molar-refractivity contribution >= 4 is 11.9 Å². The first-order chi connectivity index (χ1) is 13.1. The fraction of sp³-hybridized carbons (Fsp3) is 0.333. The van der Waals surface area contributed by atoms with Crippen LogP contribution in [0.5, 0.6) is 17.2 Å². The van der Waals surface area contributed by atoms with Crippen LogP contribution < -0.4 is 14.2 Å². The van der Waals surface area contributed by atoms with Crippen LogP contribution in [0.15, 0.2) is 48.5 Å². The molecule has 1 saturated heterocycles. The molecule has 2 heterocycles.